The van der Waals surface area contributed by atoms with Crippen molar-refractivity contribution in [2.75, 3.05) is 58.4 Å². The van der Waals surface area contributed by atoms with E-state index in [0.717, 1.165) is 38.3 Å². The van der Waals surface area contributed by atoms with Crippen LogP contribution >= 0.6 is 0 Å². The van der Waals surface area contributed by atoms with Gasteiger partial charge in [0.25, 0.3) is 5.91 Å². The molecule has 1 N–H and O–H groups in total. The number of nitrogens with one attached hydrogen (secondary N) is 1. The van der Waals surface area contributed by atoms with Crippen molar-refractivity contribution in [2.24, 2.45) is 0 Å². The second-order valence-electron chi connectivity index (χ2n) is 7.29. The first-order valence-electron chi connectivity index (χ1n) is 10.4. The molecule has 0 saturated carbocycles. The summed E-state index contributed by atoms with van der Waals surface area (Å²) < 4.78 is 10.6. The molecule has 1 amide bonds. The molecular formula is C22H31N5O3. The minimum atomic E-state index is -0.157. The summed E-state index contributed by atoms with van der Waals surface area (Å²) >= 11 is 0. The Bertz CT molecular complexity index is 866. The van der Waals surface area contributed by atoms with Crippen molar-refractivity contribution < 1.29 is 14.3 Å². The molecule has 1 aromatic carbocycles. The van der Waals surface area contributed by atoms with Crippen molar-refractivity contribution in [1.29, 1.82) is 0 Å². The molecule has 1 fully saturated rings. The number of nitrogens with zero attached hydrogens (tertiary/aromatic N) is 4. The Morgan fingerprint density at radius 2 is 1.87 bits per heavy atom. The largest absolute Gasteiger partial charge is 0.493 e. The molecule has 8 nitrogen and oxygen atoms in total. The molecule has 0 radical (unpaired) electrons. The highest BCUT2D eigenvalue weighted by Gasteiger charge is 2.19. The fraction of sp³-hybridized carbons (Fsp3) is 0.500. The van der Waals surface area contributed by atoms with Crippen LogP contribution in [0.3, 0.4) is 0 Å². The Hall–Kier alpha value is -2.87. The summed E-state index contributed by atoms with van der Waals surface area (Å²) in [4.78, 5) is 26.2. The van der Waals surface area contributed by atoms with E-state index < -0.39 is 0 Å². The molecule has 1 aromatic heterocycles. The summed E-state index contributed by atoms with van der Waals surface area (Å²) in [6.45, 7) is 9.44. The fourth-order valence-electron chi connectivity index (χ4n) is 3.55. The van der Waals surface area contributed by atoms with Crippen LogP contribution in [0.1, 0.15) is 28.5 Å². The maximum absolute atomic E-state index is 12.6. The number of aryl methyl sites for hydroxylation is 1. The summed E-state index contributed by atoms with van der Waals surface area (Å²) in [5.74, 6) is 1.91. The van der Waals surface area contributed by atoms with Crippen molar-refractivity contribution in [1.82, 2.24) is 20.2 Å². The maximum atomic E-state index is 12.6. The number of hydrogen-bond donors (Lipinski definition) is 1. The molecule has 0 aliphatic carbocycles. The number of methoxy groups -OCH3 is 2. The van der Waals surface area contributed by atoms with Gasteiger partial charge in [0.1, 0.15) is 0 Å². The Labute approximate surface area is 178 Å². The number of carbonyl (C=O) groups is 1. The van der Waals surface area contributed by atoms with E-state index in [9.17, 15) is 4.79 Å². The quantitative estimate of drug-likeness (QED) is 0.708. The Morgan fingerprint density at radius 1 is 1.13 bits per heavy atom. The molecule has 2 aromatic rings. The standard InChI is InChI=1S/C22H31N5O3/c1-5-26-10-12-27(13-11-26)22-24-15-18(16(2)25-22)21(28)23-9-8-17-6-7-19(29-3)20(14-17)30-4/h6-7,14-15H,5,8-13H2,1-4H3,(H,23,28). The Morgan fingerprint density at radius 3 is 2.50 bits per heavy atom. The lowest BCUT2D eigenvalue weighted by atomic mass is 10.1. The van der Waals surface area contributed by atoms with Gasteiger partial charge in [0.15, 0.2) is 11.5 Å². The molecule has 0 unspecified atom stereocenters. The number of rotatable bonds is 8. The van der Waals surface area contributed by atoms with Gasteiger partial charge in [-0.05, 0) is 37.6 Å². The monoisotopic (exact) mass is 413 g/mol. The molecule has 1 saturated heterocycles. The van der Waals surface area contributed by atoms with Crippen LogP contribution in [0, 0.1) is 6.92 Å². The minimum absolute atomic E-state index is 0.157. The van der Waals surface area contributed by atoms with Gasteiger partial charge in [0.2, 0.25) is 5.95 Å². The summed E-state index contributed by atoms with van der Waals surface area (Å²) in [5.41, 5.74) is 2.27. The van der Waals surface area contributed by atoms with Crippen LogP contribution < -0.4 is 19.7 Å². The lowest BCUT2D eigenvalue weighted by molar-refractivity contribution is 0.0952. The van der Waals surface area contributed by atoms with Crippen LogP contribution in [0.2, 0.25) is 0 Å². The number of piperazine rings is 1. The fourth-order valence-corrected chi connectivity index (χ4v) is 3.55. The first-order valence-corrected chi connectivity index (χ1v) is 10.4. The molecule has 1 aliphatic heterocycles. The topological polar surface area (TPSA) is 79.8 Å². The van der Waals surface area contributed by atoms with E-state index in [1.54, 1.807) is 20.4 Å². The molecule has 0 bridgehead atoms. The third kappa shape index (κ3) is 5.18. The molecule has 2 heterocycles. The van der Waals surface area contributed by atoms with Crippen molar-refractivity contribution >= 4 is 11.9 Å². The van der Waals surface area contributed by atoms with Gasteiger partial charge in [-0.3, -0.25) is 4.79 Å². The third-order valence-electron chi connectivity index (χ3n) is 5.46. The third-order valence-corrected chi connectivity index (χ3v) is 5.46. The number of likely N-dealkylation sites (N-methyl/N-ethyl adjacent to an activating group) is 1. The van der Waals surface area contributed by atoms with Gasteiger partial charge < -0.3 is 24.6 Å². The van der Waals surface area contributed by atoms with Crippen molar-refractivity contribution in [3.8, 4) is 11.5 Å². The van der Waals surface area contributed by atoms with Gasteiger partial charge in [0.05, 0.1) is 25.5 Å². The predicted octanol–water partition coefficient (Wildman–Crippen LogP) is 1.92. The highest BCUT2D eigenvalue weighted by molar-refractivity contribution is 5.95. The van der Waals surface area contributed by atoms with Crippen LogP contribution in [0.15, 0.2) is 24.4 Å². The van der Waals surface area contributed by atoms with Gasteiger partial charge in [-0.1, -0.05) is 13.0 Å². The molecule has 162 valence electrons. The molecule has 8 heteroatoms. The van der Waals surface area contributed by atoms with E-state index in [0.29, 0.717) is 41.7 Å². The Balaban J connectivity index is 1.55. The predicted molar refractivity (Wildman–Crippen MR) is 117 cm³/mol. The summed E-state index contributed by atoms with van der Waals surface area (Å²) in [7, 11) is 3.22. The second kappa shape index (κ2) is 10.2. The lowest BCUT2D eigenvalue weighted by Gasteiger charge is -2.34. The minimum Gasteiger partial charge on any atom is -0.493 e. The van der Waals surface area contributed by atoms with E-state index in [1.165, 1.54) is 0 Å². The number of ether oxygens (including phenoxy) is 2. The van der Waals surface area contributed by atoms with Gasteiger partial charge in [-0.15, -0.1) is 0 Å². The van der Waals surface area contributed by atoms with Gasteiger partial charge >= 0.3 is 0 Å². The van der Waals surface area contributed by atoms with E-state index >= 15 is 0 Å². The van der Waals surface area contributed by atoms with Crippen LogP contribution in [0.4, 0.5) is 5.95 Å². The van der Waals surface area contributed by atoms with Gasteiger partial charge in [0, 0.05) is 38.9 Å². The lowest BCUT2D eigenvalue weighted by Crippen LogP contribution is -2.46. The van der Waals surface area contributed by atoms with Gasteiger partial charge in [-0.2, -0.15) is 0 Å². The Kier molecular flexibility index (Phi) is 7.46. The zero-order chi connectivity index (χ0) is 21.5. The highest BCUT2D eigenvalue weighted by atomic mass is 16.5. The highest BCUT2D eigenvalue weighted by Crippen LogP contribution is 2.27. The molecule has 0 atom stereocenters. The van der Waals surface area contributed by atoms with Crippen molar-refractivity contribution in [3.63, 3.8) is 0 Å². The average molecular weight is 414 g/mol. The maximum Gasteiger partial charge on any atom is 0.254 e. The summed E-state index contributed by atoms with van der Waals surface area (Å²) in [6, 6.07) is 5.76. The van der Waals surface area contributed by atoms with Crippen molar-refractivity contribution in [3.05, 3.63) is 41.2 Å². The summed E-state index contributed by atoms with van der Waals surface area (Å²) in [5, 5.41) is 2.96. The molecule has 30 heavy (non-hydrogen) atoms. The van der Waals surface area contributed by atoms with E-state index in [4.69, 9.17) is 9.47 Å². The number of aromatic nitrogens is 2. The number of amides is 1. The molecule has 3 rings (SSSR count). The van der Waals surface area contributed by atoms with E-state index in [-0.39, 0.29) is 5.91 Å². The number of anilines is 1. The summed E-state index contributed by atoms with van der Waals surface area (Å²) in [6.07, 6.45) is 2.32. The van der Waals surface area contributed by atoms with Crippen LogP contribution in [0.25, 0.3) is 0 Å². The number of hydrogen-bond acceptors (Lipinski definition) is 7. The van der Waals surface area contributed by atoms with Crippen LogP contribution in [0.5, 0.6) is 11.5 Å². The first-order chi connectivity index (χ1) is 14.5. The second-order valence-corrected chi connectivity index (χ2v) is 7.29. The van der Waals surface area contributed by atoms with E-state index in [1.807, 2.05) is 25.1 Å². The van der Waals surface area contributed by atoms with Crippen molar-refractivity contribution in [2.45, 2.75) is 20.3 Å². The smallest absolute Gasteiger partial charge is 0.254 e. The van der Waals surface area contributed by atoms with Crippen LogP contribution in [-0.4, -0.2) is 74.3 Å². The zero-order valence-electron chi connectivity index (χ0n) is 18.3. The molecule has 0 spiro atoms. The first kappa shape index (κ1) is 21.8. The average Bonchev–Trinajstić information content (AvgIpc) is 2.78. The SMILES string of the molecule is CCN1CCN(c2ncc(C(=O)NCCc3ccc(OC)c(OC)c3)c(C)n2)CC1. The number of carbonyl (C=O) groups excluding carboxylic acids is 1. The van der Waals surface area contributed by atoms with Crippen LogP contribution in [-0.2, 0) is 6.42 Å². The van der Waals surface area contributed by atoms with Gasteiger partial charge in [-0.25, -0.2) is 9.97 Å². The number of benzene rings is 1. The molecular weight excluding hydrogens is 382 g/mol. The van der Waals surface area contributed by atoms with E-state index in [2.05, 4.69) is 32.0 Å². The molecule has 1 aliphatic rings. The normalized spacial score (nSPS) is 14.5. The zero-order valence-corrected chi connectivity index (χ0v) is 18.3.